The second-order valence-electron chi connectivity index (χ2n) is 6.69. The smallest absolute Gasteiger partial charge is 0.247 e. The van der Waals surface area contributed by atoms with Crippen molar-refractivity contribution in [2.45, 2.75) is 33.1 Å². The number of nitrogens with zero attached hydrogens (tertiary/aromatic N) is 2. The van der Waals surface area contributed by atoms with Gasteiger partial charge in [-0.15, -0.1) is 0 Å². The van der Waals surface area contributed by atoms with Gasteiger partial charge in [0.25, 0.3) is 0 Å². The molecule has 0 saturated carbocycles. The summed E-state index contributed by atoms with van der Waals surface area (Å²) in [5.41, 5.74) is 5.86. The van der Waals surface area contributed by atoms with Gasteiger partial charge < -0.3 is 0 Å². The lowest BCUT2D eigenvalue weighted by molar-refractivity contribution is -0.128. The molecule has 0 atom stereocenters. The van der Waals surface area contributed by atoms with Crippen LogP contribution in [0, 0.1) is 25.5 Å². The molecule has 0 unspecified atom stereocenters. The number of carbonyl (C=O) groups excluding carboxylic acids is 1. The Morgan fingerprint density at radius 1 is 1.14 bits per heavy atom. The van der Waals surface area contributed by atoms with Crippen LogP contribution in [0.4, 0.5) is 8.78 Å². The molecule has 1 aromatic heterocycles. The number of carbonyl (C=O) groups is 1. The number of benzene rings is 2. The monoisotopic (exact) mass is 385 g/mol. The van der Waals surface area contributed by atoms with Crippen LogP contribution in [-0.4, -0.2) is 20.9 Å². The van der Waals surface area contributed by atoms with Gasteiger partial charge in [-0.25, -0.2) is 18.9 Å². The summed E-state index contributed by atoms with van der Waals surface area (Å²) in [6.07, 6.45) is 2.55. The van der Waals surface area contributed by atoms with E-state index in [4.69, 9.17) is 5.21 Å². The SMILES string of the molecule is Cc1cc(F)ccc1-n1ncc(CC(=O)NO)c1CCc1cccc(F)c1C. The Bertz CT molecular complexity index is 1010. The highest BCUT2D eigenvalue weighted by Crippen LogP contribution is 2.22. The van der Waals surface area contributed by atoms with Crippen LogP contribution in [0.25, 0.3) is 5.69 Å². The van der Waals surface area contributed by atoms with E-state index in [1.807, 2.05) is 6.07 Å². The van der Waals surface area contributed by atoms with Gasteiger partial charge in [-0.05, 0) is 67.6 Å². The minimum absolute atomic E-state index is 0.0474. The molecule has 2 aromatic carbocycles. The number of halogens is 2. The second-order valence-corrected chi connectivity index (χ2v) is 6.69. The van der Waals surface area contributed by atoms with Crippen LogP contribution >= 0.6 is 0 Å². The van der Waals surface area contributed by atoms with E-state index in [0.717, 1.165) is 11.3 Å². The molecule has 1 amide bonds. The Balaban J connectivity index is 1.99. The van der Waals surface area contributed by atoms with E-state index in [2.05, 4.69) is 5.10 Å². The van der Waals surface area contributed by atoms with Crippen molar-refractivity contribution < 1.29 is 18.8 Å². The molecule has 146 valence electrons. The Hall–Kier alpha value is -3.06. The molecule has 3 rings (SSSR count). The van der Waals surface area contributed by atoms with Gasteiger partial charge in [-0.1, -0.05) is 12.1 Å². The zero-order valence-electron chi connectivity index (χ0n) is 15.7. The highest BCUT2D eigenvalue weighted by molar-refractivity contribution is 5.77. The first kappa shape index (κ1) is 19.7. The summed E-state index contributed by atoms with van der Waals surface area (Å²) >= 11 is 0. The second kappa shape index (κ2) is 8.31. The van der Waals surface area contributed by atoms with E-state index in [0.29, 0.717) is 35.2 Å². The van der Waals surface area contributed by atoms with Gasteiger partial charge in [0.1, 0.15) is 11.6 Å². The number of amides is 1. The summed E-state index contributed by atoms with van der Waals surface area (Å²) in [6, 6.07) is 9.34. The highest BCUT2D eigenvalue weighted by Gasteiger charge is 2.17. The molecule has 7 heteroatoms. The molecular weight excluding hydrogens is 364 g/mol. The first-order valence-electron chi connectivity index (χ1n) is 8.90. The standard InChI is InChI=1S/C21H21F2N3O2/c1-13-10-17(22)7-9-19(13)26-20(16(12-24-26)11-21(27)25-28)8-6-15-4-3-5-18(23)14(15)2/h3-5,7,9-10,12,28H,6,8,11H2,1-2H3,(H,25,27). The van der Waals surface area contributed by atoms with E-state index >= 15 is 0 Å². The first-order valence-corrected chi connectivity index (χ1v) is 8.90. The number of aryl methyl sites for hydroxylation is 2. The fraction of sp³-hybridized carbons (Fsp3) is 0.238. The summed E-state index contributed by atoms with van der Waals surface area (Å²) in [7, 11) is 0. The average Bonchev–Trinajstić information content (AvgIpc) is 3.05. The Kier molecular flexibility index (Phi) is 5.84. The molecule has 5 nitrogen and oxygen atoms in total. The van der Waals surface area contributed by atoms with Crippen LogP contribution < -0.4 is 5.48 Å². The first-order chi connectivity index (χ1) is 13.4. The Morgan fingerprint density at radius 2 is 1.93 bits per heavy atom. The van der Waals surface area contributed by atoms with Crippen molar-refractivity contribution in [1.82, 2.24) is 15.3 Å². The minimum atomic E-state index is -0.557. The topological polar surface area (TPSA) is 67.2 Å². The lowest BCUT2D eigenvalue weighted by Crippen LogP contribution is -2.21. The average molecular weight is 385 g/mol. The number of rotatable bonds is 6. The minimum Gasteiger partial charge on any atom is -0.289 e. The van der Waals surface area contributed by atoms with Crippen molar-refractivity contribution in [1.29, 1.82) is 0 Å². The molecule has 0 spiro atoms. The number of nitrogens with one attached hydrogen (secondary N) is 1. The third-order valence-corrected chi connectivity index (χ3v) is 4.83. The van der Waals surface area contributed by atoms with Crippen molar-refractivity contribution in [3.05, 3.63) is 82.2 Å². The number of aromatic nitrogens is 2. The fourth-order valence-corrected chi connectivity index (χ4v) is 3.27. The van der Waals surface area contributed by atoms with Crippen molar-refractivity contribution in [2.24, 2.45) is 0 Å². The Morgan fingerprint density at radius 3 is 2.64 bits per heavy atom. The molecule has 0 bridgehead atoms. The normalized spacial score (nSPS) is 10.9. The van der Waals surface area contributed by atoms with Gasteiger partial charge in [-0.2, -0.15) is 5.10 Å². The van der Waals surface area contributed by atoms with Crippen LogP contribution in [0.3, 0.4) is 0 Å². The maximum Gasteiger partial charge on any atom is 0.247 e. The lowest BCUT2D eigenvalue weighted by Gasteiger charge is -2.13. The molecule has 0 aliphatic carbocycles. The third-order valence-electron chi connectivity index (χ3n) is 4.83. The quantitative estimate of drug-likeness (QED) is 0.503. The van der Waals surface area contributed by atoms with Gasteiger partial charge in [0.05, 0.1) is 18.3 Å². The van der Waals surface area contributed by atoms with Crippen LogP contribution in [0.2, 0.25) is 0 Å². The number of hydrogen-bond donors (Lipinski definition) is 2. The van der Waals surface area contributed by atoms with Gasteiger partial charge in [0, 0.05) is 11.3 Å². The molecule has 3 aromatic rings. The number of hydroxylamine groups is 1. The molecule has 0 saturated heterocycles. The summed E-state index contributed by atoms with van der Waals surface area (Å²) in [4.78, 5) is 11.7. The summed E-state index contributed by atoms with van der Waals surface area (Å²) in [5.74, 6) is -1.16. The molecule has 2 N–H and O–H groups in total. The zero-order valence-corrected chi connectivity index (χ0v) is 15.7. The van der Waals surface area contributed by atoms with E-state index < -0.39 is 5.91 Å². The van der Waals surface area contributed by atoms with Crippen LogP contribution in [-0.2, 0) is 24.1 Å². The van der Waals surface area contributed by atoms with E-state index in [1.54, 1.807) is 42.3 Å². The number of hydrogen-bond acceptors (Lipinski definition) is 3. The highest BCUT2D eigenvalue weighted by atomic mass is 19.1. The maximum atomic E-state index is 13.8. The van der Waals surface area contributed by atoms with Crippen LogP contribution in [0.1, 0.15) is 27.9 Å². The van der Waals surface area contributed by atoms with Crippen molar-refractivity contribution in [2.75, 3.05) is 0 Å². The van der Waals surface area contributed by atoms with Crippen molar-refractivity contribution >= 4 is 5.91 Å². The Labute approximate surface area is 161 Å². The van der Waals surface area contributed by atoms with Crippen LogP contribution in [0.15, 0.2) is 42.6 Å². The molecule has 0 radical (unpaired) electrons. The van der Waals surface area contributed by atoms with E-state index in [-0.39, 0.29) is 18.1 Å². The molecule has 0 aliphatic heterocycles. The zero-order chi connectivity index (χ0) is 20.3. The van der Waals surface area contributed by atoms with E-state index in [9.17, 15) is 13.6 Å². The molecule has 1 heterocycles. The molecular formula is C21H21F2N3O2. The molecule has 0 aliphatic rings. The fourth-order valence-electron chi connectivity index (χ4n) is 3.27. The predicted molar refractivity (Wildman–Crippen MR) is 100 cm³/mol. The van der Waals surface area contributed by atoms with Gasteiger partial charge in [0.2, 0.25) is 5.91 Å². The maximum absolute atomic E-state index is 13.8. The third kappa shape index (κ3) is 4.09. The van der Waals surface area contributed by atoms with Gasteiger partial charge in [0.15, 0.2) is 0 Å². The molecule has 28 heavy (non-hydrogen) atoms. The molecule has 0 fully saturated rings. The largest absolute Gasteiger partial charge is 0.289 e. The van der Waals surface area contributed by atoms with Crippen LogP contribution in [0.5, 0.6) is 0 Å². The van der Waals surface area contributed by atoms with Gasteiger partial charge in [-0.3, -0.25) is 10.0 Å². The lowest BCUT2D eigenvalue weighted by atomic mass is 10.00. The summed E-state index contributed by atoms with van der Waals surface area (Å²) in [5, 5.41) is 13.2. The summed E-state index contributed by atoms with van der Waals surface area (Å²) in [6.45, 7) is 3.51. The van der Waals surface area contributed by atoms with E-state index in [1.165, 1.54) is 18.2 Å². The van der Waals surface area contributed by atoms with Crippen molar-refractivity contribution in [3.63, 3.8) is 0 Å². The van der Waals surface area contributed by atoms with Crippen molar-refractivity contribution in [3.8, 4) is 5.69 Å². The van der Waals surface area contributed by atoms with Gasteiger partial charge >= 0.3 is 0 Å². The predicted octanol–water partition coefficient (Wildman–Crippen LogP) is 3.60. The summed E-state index contributed by atoms with van der Waals surface area (Å²) < 4.78 is 29.0.